The van der Waals surface area contributed by atoms with E-state index in [0.29, 0.717) is 17.4 Å². The molecule has 2 unspecified atom stereocenters. The molecule has 1 aromatic carbocycles. The third-order valence-electron chi connectivity index (χ3n) is 4.81. The van der Waals surface area contributed by atoms with Crippen LogP contribution in [0.3, 0.4) is 0 Å². The van der Waals surface area contributed by atoms with Crippen molar-refractivity contribution >= 4 is 18.3 Å². The zero-order chi connectivity index (χ0) is 18.6. The quantitative estimate of drug-likeness (QED) is 0.684. The number of hydrogen-bond donors (Lipinski definition) is 2. The normalized spacial score (nSPS) is 17.5. The summed E-state index contributed by atoms with van der Waals surface area (Å²) in [7, 11) is 0. The van der Waals surface area contributed by atoms with E-state index in [1.165, 1.54) is 0 Å². The molecule has 1 aliphatic heterocycles. The third kappa shape index (κ3) is 4.40. The molecule has 2 N–H and O–H groups in total. The van der Waals surface area contributed by atoms with Crippen molar-refractivity contribution in [2.75, 3.05) is 13.1 Å². The molecule has 148 valence electrons. The van der Waals surface area contributed by atoms with Crippen LogP contribution in [0, 0.1) is 0 Å². The molecule has 0 radical (unpaired) electrons. The molecule has 3 heterocycles. The monoisotopic (exact) mass is 401 g/mol. The van der Waals surface area contributed by atoms with Gasteiger partial charge in [0.25, 0.3) is 5.91 Å². The summed E-state index contributed by atoms with van der Waals surface area (Å²) < 4.78 is 3.58. The van der Waals surface area contributed by atoms with Crippen molar-refractivity contribution in [2.24, 2.45) is 0 Å². The lowest BCUT2D eigenvalue weighted by Gasteiger charge is -2.22. The number of piperidine rings is 1. The molecule has 9 heteroatoms. The number of nitrogens with one attached hydrogen (secondary N) is 2. The number of halogens is 1. The maximum Gasteiger partial charge on any atom is 0.272 e. The van der Waals surface area contributed by atoms with Gasteiger partial charge in [0.05, 0.1) is 24.0 Å². The Balaban J connectivity index is 0.00000225. The fraction of sp³-hybridized carbons (Fsp3) is 0.368. The Morgan fingerprint density at radius 2 is 2.11 bits per heavy atom. The highest BCUT2D eigenvalue weighted by Gasteiger charge is 2.20. The molecule has 3 aromatic rings. The van der Waals surface area contributed by atoms with E-state index >= 15 is 0 Å². The number of nitrogens with zero attached hydrogens (tertiary/aromatic N) is 5. The number of rotatable bonds is 5. The number of amides is 1. The van der Waals surface area contributed by atoms with Gasteiger partial charge in [-0.3, -0.25) is 9.48 Å². The maximum absolute atomic E-state index is 12.5. The van der Waals surface area contributed by atoms with E-state index in [1.54, 1.807) is 10.7 Å². The van der Waals surface area contributed by atoms with E-state index in [-0.39, 0.29) is 24.4 Å². The Hall–Kier alpha value is -2.71. The highest BCUT2D eigenvalue weighted by atomic mass is 35.5. The fourth-order valence-electron chi connectivity index (χ4n) is 3.25. The average Bonchev–Trinajstić information content (AvgIpc) is 3.39. The van der Waals surface area contributed by atoms with E-state index in [4.69, 9.17) is 0 Å². The Kier molecular flexibility index (Phi) is 6.43. The number of para-hydroxylation sites is 1. The first-order valence-corrected chi connectivity index (χ1v) is 9.25. The summed E-state index contributed by atoms with van der Waals surface area (Å²) in [6.45, 7) is 3.83. The molecule has 2 atom stereocenters. The molecule has 0 bridgehead atoms. The van der Waals surface area contributed by atoms with Gasteiger partial charge in [0.1, 0.15) is 11.4 Å². The number of hydrogen-bond acceptors (Lipinski definition) is 5. The topological polar surface area (TPSA) is 89.7 Å². The first-order chi connectivity index (χ1) is 13.2. The van der Waals surface area contributed by atoms with Gasteiger partial charge in [0, 0.05) is 12.7 Å². The number of benzene rings is 1. The Morgan fingerprint density at radius 1 is 1.29 bits per heavy atom. The van der Waals surface area contributed by atoms with Gasteiger partial charge >= 0.3 is 0 Å². The summed E-state index contributed by atoms with van der Waals surface area (Å²) in [6, 6.07) is 11.5. The van der Waals surface area contributed by atoms with Crippen molar-refractivity contribution in [3.63, 3.8) is 0 Å². The number of aromatic nitrogens is 5. The summed E-state index contributed by atoms with van der Waals surface area (Å²) in [5, 5.41) is 19.1. The van der Waals surface area contributed by atoms with Crippen molar-refractivity contribution in [2.45, 2.75) is 31.8 Å². The highest BCUT2D eigenvalue weighted by molar-refractivity contribution is 5.92. The lowest BCUT2D eigenvalue weighted by molar-refractivity contribution is 0.0932. The molecule has 1 saturated heterocycles. The Bertz CT molecular complexity index is 902. The van der Waals surface area contributed by atoms with Crippen molar-refractivity contribution < 1.29 is 4.79 Å². The second-order valence-electron chi connectivity index (χ2n) is 6.80. The summed E-state index contributed by atoms with van der Waals surface area (Å²) >= 11 is 0. The SMILES string of the molecule is CC(NC(=O)c1ccn(C2CCCNC2)n1)c1cn(-c2ccccc2)nn1.Cl. The summed E-state index contributed by atoms with van der Waals surface area (Å²) in [4.78, 5) is 12.5. The van der Waals surface area contributed by atoms with Crippen molar-refractivity contribution in [3.05, 3.63) is 60.2 Å². The zero-order valence-corrected chi connectivity index (χ0v) is 16.5. The van der Waals surface area contributed by atoms with Gasteiger partial charge in [0.15, 0.2) is 0 Å². The minimum atomic E-state index is -0.267. The second-order valence-corrected chi connectivity index (χ2v) is 6.80. The standard InChI is InChI=1S/C19H23N7O.ClH/c1-14(18-13-26(24-22-18)15-6-3-2-4-7-15)21-19(27)17-9-11-25(23-17)16-8-5-10-20-12-16;/h2-4,6-7,9,11,13-14,16,20H,5,8,10,12H2,1H3,(H,21,27);1H. The largest absolute Gasteiger partial charge is 0.342 e. The van der Waals surface area contributed by atoms with Gasteiger partial charge in [-0.1, -0.05) is 23.4 Å². The molecular formula is C19H24ClN7O. The van der Waals surface area contributed by atoms with Crippen LogP contribution >= 0.6 is 12.4 Å². The second kappa shape index (κ2) is 8.99. The third-order valence-corrected chi connectivity index (χ3v) is 4.81. The van der Waals surface area contributed by atoms with Crippen LogP contribution in [0.1, 0.15) is 48.0 Å². The minimum Gasteiger partial charge on any atom is -0.342 e. The number of carbonyl (C=O) groups excluding carboxylic acids is 1. The highest BCUT2D eigenvalue weighted by Crippen LogP contribution is 2.16. The molecule has 8 nitrogen and oxygen atoms in total. The first-order valence-electron chi connectivity index (χ1n) is 9.25. The van der Waals surface area contributed by atoms with Crippen molar-refractivity contribution in [1.82, 2.24) is 35.4 Å². The molecule has 0 saturated carbocycles. The van der Waals surface area contributed by atoms with E-state index < -0.39 is 0 Å². The van der Waals surface area contributed by atoms with Crippen LogP contribution in [0.15, 0.2) is 48.8 Å². The lowest BCUT2D eigenvalue weighted by Crippen LogP contribution is -2.32. The van der Waals surface area contributed by atoms with Gasteiger partial charge in [-0.05, 0) is 44.5 Å². The van der Waals surface area contributed by atoms with Gasteiger partial charge < -0.3 is 10.6 Å². The van der Waals surface area contributed by atoms with Crippen LogP contribution in [0.25, 0.3) is 5.69 Å². The fourth-order valence-corrected chi connectivity index (χ4v) is 3.25. The van der Waals surface area contributed by atoms with Crippen LogP contribution in [-0.2, 0) is 0 Å². The molecule has 0 spiro atoms. The maximum atomic E-state index is 12.5. The molecule has 4 rings (SSSR count). The van der Waals surface area contributed by atoms with Crippen LogP contribution < -0.4 is 10.6 Å². The van der Waals surface area contributed by atoms with Crippen LogP contribution in [0.5, 0.6) is 0 Å². The predicted octanol–water partition coefficient (Wildman–Crippen LogP) is 2.30. The van der Waals surface area contributed by atoms with E-state index in [1.807, 2.05) is 54.3 Å². The van der Waals surface area contributed by atoms with Gasteiger partial charge in [0.2, 0.25) is 0 Å². The average molecular weight is 402 g/mol. The van der Waals surface area contributed by atoms with E-state index in [9.17, 15) is 4.79 Å². The van der Waals surface area contributed by atoms with Crippen molar-refractivity contribution in [1.29, 1.82) is 0 Å². The van der Waals surface area contributed by atoms with Crippen molar-refractivity contribution in [3.8, 4) is 5.69 Å². The predicted molar refractivity (Wildman–Crippen MR) is 108 cm³/mol. The summed E-state index contributed by atoms with van der Waals surface area (Å²) in [5.41, 5.74) is 2.04. The molecule has 1 fully saturated rings. The Morgan fingerprint density at radius 3 is 2.86 bits per heavy atom. The smallest absolute Gasteiger partial charge is 0.272 e. The van der Waals surface area contributed by atoms with Gasteiger partial charge in [-0.15, -0.1) is 17.5 Å². The minimum absolute atomic E-state index is 0. The van der Waals surface area contributed by atoms with Gasteiger partial charge in [-0.25, -0.2) is 4.68 Å². The van der Waals surface area contributed by atoms with Gasteiger partial charge in [-0.2, -0.15) is 5.10 Å². The molecule has 28 heavy (non-hydrogen) atoms. The first kappa shape index (κ1) is 20.0. The lowest BCUT2D eigenvalue weighted by atomic mass is 10.1. The van der Waals surface area contributed by atoms with E-state index in [2.05, 4.69) is 26.0 Å². The number of carbonyl (C=O) groups is 1. The van der Waals surface area contributed by atoms with Crippen LogP contribution in [0.2, 0.25) is 0 Å². The molecular weight excluding hydrogens is 378 g/mol. The summed E-state index contributed by atoms with van der Waals surface area (Å²) in [6.07, 6.45) is 5.91. The van der Waals surface area contributed by atoms with Crippen LogP contribution in [-0.4, -0.2) is 43.8 Å². The van der Waals surface area contributed by atoms with Crippen LogP contribution in [0.4, 0.5) is 0 Å². The van der Waals surface area contributed by atoms with E-state index in [0.717, 1.165) is 31.6 Å². The molecule has 0 aliphatic carbocycles. The Labute approximate surface area is 169 Å². The molecule has 2 aromatic heterocycles. The molecule has 1 amide bonds. The zero-order valence-electron chi connectivity index (χ0n) is 15.7. The summed E-state index contributed by atoms with van der Waals surface area (Å²) in [5.74, 6) is -0.209. The molecule has 1 aliphatic rings.